The summed E-state index contributed by atoms with van der Waals surface area (Å²) < 4.78 is 0. The summed E-state index contributed by atoms with van der Waals surface area (Å²) in [5, 5.41) is 69.2. The summed E-state index contributed by atoms with van der Waals surface area (Å²) in [6, 6.07) is 58.8. The molecular weight excluding hydrogens is 1620 g/mol. The number of benzene rings is 8. The average Bonchev–Trinajstić information content (AvgIpc) is 1.61. The third-order valence-electron chi connectivity index (χ3n) is 17.5. The van der Waals surface area contributed by atoms with Gasteiger partial charge in [0.1, 0.15) is 0 Å². The van der Waals surface area contributed by atoms with Gasteiger partial charge in [-0.1, -0.05) is 96.5 Å². The lowest BCUT2D eigenvalue weighted by atomic mass is 9.98. The highest BCUT2D eigenvalue weighted by Crippen LogP contribution is 2.42. The Balaban J connectivity index is 0.000000216. The number of hydrogen-bond donors (Lipinski definition) is 22. The molecule has 0 saturated carbocycles. The molecule has 11 aromatic rings. The maximum absolute atomic E-state index is 10.8. The molecule has 0 atom stereocenters. The quantitative estimate of drug-likeness (QED) is 0.0111. The second-order valence-corrected chi connectivity index (χ2v) is 27.8. The molecule has 28 N–H and O–H groups in total. The topological polar surface area (TPSA) is 589 Å². The van der Waals surface area contributed by atoms with Gasteiger partial charge in [-0.05, 0) is 146 Å². The molecule has 0 amide bonds. The van der Waals surface area contributed by atoms with E-state index in [0.29, 0.717) is 53.7 Å². The molecule has 8 bridgehead atoms. The number of aromatic amines is 2. The maximum Gasteiger partial charge on any atom is 0.336 e. The number of carbonyl (C=O) groups is 7. The fourth-order valence-electron chi connectivity index (χ4n) is 12.2. The Morgan fingerprint density at radius 2 is 0.639 bits per heavy atom. The van der Waals surface area contributed by atoms with Crippen LogP contribution < -0.4 is 51.6 Å². The number of para-hydroxylation sites is 4. The van der Waals surface area contributed by atoms with E-state index in [-0.39, 0.29) is 32.8 Å². The van der Waals surface area contributed by atoms with Gasteiger partial charge in [-0.3, -0.25) is 29.4 Å². The average molecular weight is 1700 g/mol. The van der Waals surface area contributed by atoms with Crippen molar-refractivity contribution in [1.82, 2.24) is 29.7 Å². The summed E-state index contributed by atoms with van der Waals surface area (Å²) >= 11 is 12.4. The Morgan fingerprint density at radius 1 is 0.361 bits per heavy atom. The summed E-state index contributed by atoms with van der Waals surface area (Å²) in [6.45, 7) is -0.350. The number of nitrogens with two attached hydrogens (primary N) is 9. The van der Waals surface area contributed by atoms with Crippen LogP contribution in [-0.4, -0.2) is 171 Å². The lowest BCUT2D eigenvalue weighted by Gasteiger charge is -2.24. The SMILES string of the molecule is NCC#Cc1cc(N)cc(C#CCN)c1.Nc1ccc(N)cc1.Nc1ccccc1-c1c2nc(c(-c3ccccc3N)c3ccc([nH]3)c(-c3ccccc3N)c3nc(c(-c4ccccc4N)c4ccc1[nH]4)C=C3)C=C2.O=C(O)CN(CCOO)CCN(CC(=O)O)CC(=O)O.O=C(O)c1cc(C(=O)O)c(C(=O)O)cc1C(=O)O.Sc1cc(S)cc(S)c1. The molecular formula is C88H85N15O16S3. The molecule has 0 aliphatic carbocycles. The zero-order valence-corrected chi connectivity index (χ0v) is 67.5. The second kappa shape index (κ2) is 44.7. The van der Waals surface area contributed by atoms with E-state index in [1.54, 1.807) is 36.4 Å². The van der Waals surface area contributed by atoms with E-state index >= 15 is 0 Å². The van der Waals surface area contributed by atoms with E-state index in [4.69, 9.17) is 103 Å². The van der Waals surface area contributed by atoms with Crippen LogP contribution in [0.15, 0.2) is 209 Å². The highest BCUT2D eigenvalue weighted by molar-refractivity contribution is 7.81. The lowest BCUT2D eigenvalue weighted by molar-refractivity contribution is -0.244. The molecule has 2 aliphatic rings. The monoisotopic (exact) mass is 1700 g/mol. The van der Waals surface area contributed by atoms with Gasteiger partial charge in [-0.25, -0.2) is 34.0 Å². The van der Waals surface area contributed by atoms with Gasteiger partial charge >= 0.3 is 41.8 Å². The summed E-state index contributed by atoms with van der Waals surface area (Å²) in [7, 11) is 0. The van der Waals surface area contributed by atoms with Crippen molar-refractivity contribution < 1.29 is 79.5 Å². The molecule has 5 heterocycles. The molecule has 8 aromatic carbocycles. The minimum Gasteiger partial charge on any atom is -0.480 e. The van der Waals surface area contributed by atoms with Crippen molar-refractivity contribution in [3.05, 3.63) is 250 Å². The predicted octanol–water partition coefficient (Wildman–Crippen LogP) is 11.8. The van der Waals surface area contributed by atoms with Crippen LogP contribution in [0.3, 0.4) is 0 Å². The van der Waals surface area contributed by atoms with Crippen LogP contribution in [0.1, 0.15) is 75.3 Å². The van der Waals surface area contributed by atoms with Gasteiger partial charge in [0.2, 0.25) is 0 Å². The van der Waals surface area contributed by atoms with E-state index in [1.165, 1.54) is 9.80 Å². The third kappa shape index (κ3) is 26.3. The predicted molar refractivity (Wildman–Crippen MR) is 483 cm³/mol. The van der Waals surface area contributed by atoms with Gasteiger partial charge in [0.15, 0.2) is 0 Å². The van der Waals surface area contributed by atoms with Crippen molar-refractivity contribution >= 4 is 166 Å². The number of nitrogens with zero attached hydrogens (tertiary/aromatic N) is 4. The molecule has 0 unspecified atom stereocenters. The Kier molecular flexibility index (Phi) is 33.9. The van der Waals surface area contributed by atoms with Crippen molar-refractivity contribution in [2.75, 3.05) is 99.1 Å². The number of carboxylic acid groups (broad SMARTS) is 7. The summed E-state index contributed by atoms with van der Waals surface area (Å²) in [6.07, 6.45) is 8.13. The molecule has 0 saturated heterocycles. The normalized spacial score (nSPS) is 10.7. The molecule has 626 valence electrons. The maximum atomic E-state index is 10.8. The second-order valence-electron chi connectivity index (χ2n) is 26.2. The minimum absolute atomic E-state index is 0.0668. The van der Waals surface area contributed by atoms with E-state index in [2.05, 4.69) is 101 Å². The largest absolute Gasteiger partial charge is 0.480 e. The van der Waals surface area contributed by atoms with Crippen LogP contribution in [0, 0.1) is 23.7 Å². The number of carboxylic acids is 7. The van der Waals surface area contributed by atoms with Crippen LogP contribution in [0.4, 0.5) is 39.8 Å². The molecule has 122 heavy (non-hydrogen) atoms. The van der Waals surface area contributed by atoms with Crippen LogP contribution in [0.2, 0.25) is 0 Å². The first kappa shape index (κ1) is 92.7. The molecule has 31 nitrogen and oxygen atoms in total. The molecule has 13 rings (SSSR count). The van der Waals surface area contributed by atoms with E-state index in [1.807, 2.05) is 146 Å². The number of rotatable bonds is 20. The molecule has 0 radical (unpaired) electrons. The smallest absolute Gasteiger partial charge is 0.336 e. The summed E-state index contributed by atoms with van der Waals surface area (Å²) in [4.78, 5) is 102. The fourth-order valence-corrected chi connectivity index (χ4v) is 13.4. The fraction of sp³-hybridized carbons (Fsp3) is 0.102. The number of anilines is 7. The highest BCUT2D eigenvalue weighted by atomic mass is 32.1. The Labute approximate surface area is 714 Å². The summed E-state index contributed by atoms with van der Waals surface area (Å²) in [5.74, 6) is 1.27. The Morgan fingerprint density at radius 3 is 0.902 bits per heavy atom. The number of nitrogen functional groups attached to an aromatic ring is 7. The van der Waals surface area contributed by atoms with Crippen molar-refractivity contribution in [3.63, 3.8) is 0 Å². The number of fused-ring (bicyclic) bond motifs is 8. The molecule has 34 heteroatoms. The number of aromatic carboxylic acids is 4. The van der Waals surface area contributed by atoms with Crippen molar-refractivity contribution in [1.29, 1.82) is 0 Å². The van der Waals surface area contributed by atoms with Gasteiger partial charge in [0, 0.05) is 152 Å². The summed E-state index contributed by atoms with van der Waals surface area (Å²) in [5.41, 5.74) is 70.2. The first-order chi connectivity index (χ1) is 58.3. The number of thiol groups is 3. The van der Waals surface area contributed by atoms with Gasteiger partial charge in [-0.15, -0.1) is 37.9 Å². The molecule has 2 aliphatic heterocycles. The van der Waals surface area contributed by atoms with Crippen LogP contribution in [-0.2, 0) is 19.3 Å². The van der Waals surface area contributed by atoms with Gasteiger partial charge in [0.25, 0.3) is 0 Å². The minimum atomic E-state index is -1.66. The molecule has 0 spiro atoms. The first-order valence-electron chi connectivity index (χ1n) is 36.4. The highest BCUT2D eigenvalue weighted by Gasteiger charge is 2.27. The third-order valence-corrected chi connectivity index (χ3v) is 18.3. The number of aliphatic carboxylic acids is 3. The zero-order chi connectivity index (χ0) is 88.9. The van der Waals surface area contributed by atoms with Crippen molar-refractivity contribution in [2.24, 2.45) is 11.5 Å². The van der Waals surface area contributed by atoms with E-state index in [0.717, 1.165) is 127 Å². The van der Waals surface area contributed by atoms with Crippen LogP contribution in [0.25, 0.3) is 90.9 Å². The Bertz CT molecular complexity index is 5520. The molecule has 0 fully saturated rings. The van der Waals surface area contributed by atoms with Crippen LogP contribution >= 0.6 is 37.9 Å². The van der Waals surface area contributed by atoms with Gasteiger partial charge in [0.05, 0.1) is 84.4 Å². The van der Waals surface area contributed by atoms with E-state index < -0.39 is 77.1 Å². The van der Waals surface area contributed by atoms with Gasteiger partial charge in [-0.2, -0.15) is 0 Å². The number of hydrogen-bond acceptors (Lipinski definition) is 25. The standard InChI is InChI=1S/C44H34N8.C12H13N3.C10H18N2O8.C10H6O8.C6H8N2.C6H6S3/c45-29-13-5-1-9-25(29)41-33-17-19-35(49-33)42(26-10-2-6-14-30(26)46)37-21-23-39(51-37)44(28-12-4-8-16-32(28)48)40-24-22-38(52-40)43(36-20-18-34(41)50-36)27-11-3-7-15-31(27)47;13-5-1-3-10-7-11(4-2-6-14)9-12(15)8-10;13-8(14)5-11(3-4-20-19)1-2-12(6-9(15)16)7-10(17)18;11-7(12)3-1-4(8(13)14)6(10(17)18)2-5(3)9(15)16;7-5-1-2-6(8)4-3-5;7-4-1-5(8)3-6(9)2-4/h1-24,49,52H,45-48H2;7-9H,5-6,13-15H2;19H,1-7H2,(H,13,14)(H,15,16)(H,17,18);1-2H,(H,11,12)(H,13,14)(H,15,16)(H,17,18);1-4H,7-8H2;1-3,7-9H. The van der Waals surface area contributed by atoms with E-state index in [9.17, 15) is 33.6 Å². The Hall–Kier alpha value is -14.8. The van der Waals surface area contributed by atoms with Crippen LogP contribution in [0.5, 0.6) is 0 Å². The zero-order valence-electron chi connectivity index (χ0n) is 64.8. The first-order valence-corrected chi connectivity index (χ1v) is 37.8. The lowest BCUT2D eigenvalue weighted by Crippen LogP contribution is -2.42. The van der Waals surface area contributed by atoms with Gasteiger partial charge < -0.3 is 97.3 Å². The number of nitrogens with one attached hydrogen (secondary N) is 2. The number of aromatic nitrogens is 4. The van der Waals surface area contributed by atoms with Crippen molar-refractivity contribution in [2.45, 2.75) is 14.7 Å². The number of H-pyrrole nitrogens is 2. The molecule has 3 aromatic heterocycles. The van der Waals surface area contributed by atoms with Crippen molar-refractivity contribution in [3.8, 4) is 68.2 Å².